The molecule has 1 atom stereocenters. The van der Waals surface area contributed by atoms with E-state index in [0.29, 0.717) is 6.04 Å². The molecule has 0 saturated carbocycles. The summed E-state index contributed by atoms with van der Waals surface area (Å²) in [7, 11) is 0. The second-order valence-corrected chi connectivity index (χ2v) is 1.82. The van der Waals surface area contributed by atoms with Crippen molar-refractivity contribution in [3.05, 3.63) is 12.7 Å². The molecule has 0 aromatic rings. The van der Waals surface area contributed by atoms with Crippen LogP contribution in [0, 0.1) is 0 Å². The van der Waals surface area contributed by atoms with Crippen LogP contribution < -0.4 is 5.32 Å². The Hall–Kier alpha value is -0.790. The van der Waals surface area contributed by atoms with Crippen LogP contribution in [0.5, 0.6) is 0 Å². The molecule has 0 aliphatic carbocycles. The van der Waals surface area contributed by atoms with Crippen LogP contribution in [0.25, 0.3) is 0 Å². The van der Waals surface area contributed by atoms with Crippen LogP contribution in [0.3, 0.4) is 0 Å². The van der Waals surface area contributed by atoms with Crippen molar-refractivity contribution in [1.29, 1.82) is 0 Å². The van der Waals surface area contributed by atoms with Crippen molar-refractivity contribution in [2.75, 3.05) is 6.54 Å². The monoisotopic (exact) mass is 126 g/mol. The van der Waals surface area contributed by atoms with Crippen molar-refractivity contribution in [1.82, 2.24) is 5.32 Å². The summed E-state index contributed by atoms with van der Waals surface area (Å²) in [5, 5.41) is 3.02. The minimum atomic E-state index is 0.320. The highest BCUT2D eigenvalue weighted by Gasteiger charge is 1.85. The summed E-state index contributed by atoms with van der Waals surface area (Å²) in [5.41, 5.74) is 0. The van der Waals surface area contributed by atoms with Gasteiger partial charge in [0.1, 0.15) is 0 Å². The van der Waals surface area contributed by atoms with E-state index in [2.05, 4.69) is 16.9 Å². The van der Waals surface area contributed by atoms with Gasteiger partial charge >= 0.3 is 0 Å². The predicted molar refractivity (Wildman–Crippen MR) is 41.8 cm³/mol. The maximum atomic E-state index is 3.98. The first kappa shape index (κ1) is 8.21. The lowest BCUT2D eigenvalue weighted by atomic mass is 10.3. The Balaban J connectivity index is 3.25. The number of aliphatic imine (C=N–C) groups is 1. The molecule has 0 bridgehead atoms. The highest BCUT2D eigenvalue weighted by molar-refractivity contribution is 5.54. The van der Waals surface area contributed by atoms with Gasteiger partial charge in [0.15, 0.2) is 0 Å². The van der Waals surface area contributed by atoms with Crippen LogP contribution in [0.15, 0.2) is 17.6 Å². The number of rotatable bonds is 4. The van der Waals surface area contributed by atoms with E-state index in [1.807, 2.05) is 19.9 Å². The molecular weight excluding hydrogens is 112 g/mol. The van der Waals surface area contributed by atoms with Crippen LogP contribution in [0.4, 0.5) is 0 Å². The zero-order valence-corrected chi connectivity index (χ0v) is 6.09. The van der Waals surface area contributed by atoms with Gasteiger partial charge in [-0.05, 0) is 13.8 Å². The third-order valence-electron chi connectivity index (χ3n) is 0.965. The third-order valence-corrected chi connectivity index (χ3v) is 0.965. The van der Waals surface area contributed by atoms with Crippen LogP contribution in [0.1, 0.15) is 13.8 Å². The van der Waals surface area contributed by atoms with Gasteiger partial charge in [0, 0.05) is 12.6 Å². The molecule has 1 N–H and O–H groups in total. The van der Waals surface area contributed by atoms with Gasteiger partial charge in [-0.2, -0.15) is 0 Å². The Bertz CT molecular complexity index is 97.1. The fourth-order valence-electron chi connectivity index (χ4n) is 0.330. The SMILES string of the molecule is C=CC(C)N/C=N\CC. The first-order valence-corrected chi connectivity index (χ1v) is 3.18. The molecule has 0 spiro atoms. The largest absolute Gasteiger partial charge is 0.371 e. The molecular formula is C7H14N2. The minimum absolute atomic E-state index is 0.320. The molecule has 2 nitrogen and oxygen atoms in total. The predicted octanol–water partition coefficient (Wildman–Crippen LogP) is 1.20. The number of nitrogens with one attached hydrogen (secondary N) is 1. The second-order valence-electron chi connectivity index (χ2n) is 1.82. The zero-order valence-electron chi connectivity index (χ0n) is 6.09. The van der Waals surface area contributed by atoms with Gasteiger partial charge in [-0.1, -0.05) is 6.08 Å². The number of hydrogen-bond acceptors (Lipinski definition) is 1. The molecule has 0 fully saturated rings. The number of nitrogens with zero attached hydrogens (tertiary/aromatic N) is 1. The molecule has 1 unspecified atom stereocenters. The molecule has 0 rings (SSSR count). The minimum Gasteiger partial charge on any atom is -0.371 e. The molecule has 2 heteroatoms. The van der Waals surface area contributed by atoms with Crippen LogP contribution >= 0.6 is 0 Å². The summed E-state index contributed by atoms with van der Waals surface area (Å²) in [6.07, 6.45) is 3.55. The third kappa shape index (κ3) is 5.07. The van der Waals surface area contributed by atoms with Crippen LogP contribution in [-0.2, 0) is 0 Å². The van der Waals surface area contributed by atoms with Crippen molar-refractivity contribution in [2.24, 2.45) is 4.99 Å². The van der Waals surface area contributed by atoms with E-state index >= 15 is 0 Å². The highest BCUT2D eigenvalue weighted by atomic mass is 14.9. The van der Waals surface area contributed by atoms with E-state index in [-0.39, 0.29) is 0 Å². The van der Waals surface area contributed by atoms with E-state index in [1.165, 1.54) is 0 Å². The highest BCUT2D eigenvalue weighted by Crippen LogP contribution is 1.76. The second kappa shape index (κ2) is 5.35. The van der Waals surface area contributed by atoms with E-state index in [1.54, 1.807) is 6.34 Å². The summed E-state index contributed by atoms with van der Waals surface area (Å²) < 4.78 is 0. The molecule has 0 aromatic carbocycles. The van der Waals surface area contributed by atoms with Crippen LogP contribution in [0.2, 0.25) is 0 Å². The maximum absolute atomic E-state index is 3.98. The van der Waals surface area contributed by atoms with Gasteiger partial charge in [-0.15, -0.1) is 6.58 Å². The van der Waals surface area contributed by atoms with Crippen molar-refractivity contribution in [3.63, 3.8) is 0 Å². The average molecular weight is 126 g/mol. The Labute approximate surface area is 56.7 Å². The lowest BCUT2D eigenvalue weighted by Crippen LogP contribution is -2.21. The van der Waals surface area contributed by atoms with Gasteiger partial charge in [-0.25, -0.2) is 0 Å². The summed E-state index contributed by atoms with van der Waals surface area (Å²) in [5.74, 6) is 0. The molecule has 0 aromatic heterocycles. The molecule has 9 heavy (non-hydrogen) atoms. The van der Waals surface area contributed by atoms with Crippen molar-refractivity contribution < 1.29 is 0 Å². The Morgan fingerprint density at radius 2 is 2.44 bits per heavy atom. The Kier molecular flexibility index (Phi) is 4.88. The van der Waals surface area contributed by atoms with Crippen LogP contribution in [-0.4, -0.2) is 18.9 Å². The average Bonchev–Trinajstić information content (AvgIpc) is 1.89. The van der Waals surface area contributed by atoms with Gasteiger partial charge in [-0.3, -0.25) is 4.99 Å². The molecule has 0 aliphatic heterocycles. The molecule has 0 aliphatic rings. The summed E-state index contributed by atoms with van der Waals surface area (Å²) >= 11 is 0. The van der Waals surface area contributed by atoms with E-state index < -0.39 is 0 Å². The van der Waals surface area contributed by atoms with Gasteiger partial charge in [0.2, 0.25) is 0 Å². The topological polar surface area (TPSA) is 24.4 Å². The summed E-state index contributed by atoms with van der Waals surface area (Å²) in [6, 6.07) is 0.320. The maximum Gasteiger partial charge on any atom is 0.0828 e. The molecule has 0 radical (unpaired) electrons. The lowest BCUT2D eigenvalue weighted by Gasteiger charge is -2.02. The van der Waals surface area contributed by atoms with Crippen molar-refractivity contribution in [3.8, 4) is 0 Å². The Morgan fingerprint density at radius 1 is 1.78 bits per heavy atom. The molecule has 0 heterocycles. The van der Waals surface area contributed by atoms with Gasteiger partial charge in [0.25, 0.3) is 0 Å². The van der Waals surface area contributed by atoms with Crippen molar-refractivity contribution >= 4 is 6.34 Å². The van der Waals surface area contributed by atoms with Gasteiger partial charge in [0.05, 0.1) is 6.34 Å². The Morgan fingerprint density at radius 3 is 2.89 bits per heavy atom. The zero-order chi connectivity index (χ0) is 7.11. The van der Waals surface area contributed by atoms with E-state index in [9.17, 15) is 0 Å². The normalized spacial score (nSPS) is 13.6. The first-order valence-electron chi connectivity index (χ1n) is 3.18. The summed E-state index contributed by atoms with van der Waals surface area (Å²) in [6.45, 7) is 8.46. The van der Waals surface area contributed by atoms with Crippen molar-refractivity contribution in [2.45, 2.75) is 19.9 Å². The first-order chi connectivity index (χ1) is 4.31. The number of hydrogen-bond donors (Lipinski definition) is 1. The summed E-state index contributed by atoms with van der Waals surface area (Å²) in [4.78, 5) is 3.98. The fraction of sp³-hybridized carbons (Fsp3) is 0.571. The van der Waals surface area contributed by atoms with E-state index in [4.69, 9.17) is 0 Å². The van der Waals surface area contributed by atoms with Gasteiger partial charge < -0.3 is 5.32 Å². The standard InChI is InChI=1S/C7H14N2/c1-4-7(3)9-6-8-5-2/h4,6-7H,1,5H2,2-3H3,(H,8,9). The smallest absolute Gasteiger partial charge is 0.0828 e. The quantitative estimate of drug-likeness (QED) is 0.341. The molecule has 0 saturated heterocycles. The lowest BCUT2D eigenvalue weighted by molar-refractivity contribution is 0.816. The molecule has 52 valence electrons. The van der Waals surface area contributed by atoms with E-state index in [0.717, 1.165) is 6.54 Å². The molecule has 0 amide bonds. The fourth-order valence-corrected chi connectivity index (χ4v) is 0.330.